The van der Waals surface area contributed by atoms with Gasteiger partial charge in [0.25, 0.3) is 0 Å². The first kappa shape index (κ1) is 18.4. The van der Waals surface area contributed by atoms with E-state index in [0.717, 1.165) is 17.0 Å². The van der Waals surface area contributed by atoms with Gasteiger partial charge in [0, 0.05) is 7.11 Å². The lowest BCUT2D eigenvalue weighted by Crippen LogP contribution is -2.22. The number of ether oxygens (including phenoxy) is 2. The number of amides is 1. The maximum atomic E-state index is 12.3. The topological polar surface area (TPSA) is 84.3 Å². The molecular formula is C17H17ClN4O3S. The van der Waals surface area contributed by atoms with Crippen LogP contribution in [0.25, 0.3) is 0 Å². The molecule has 0 saturated heterocycles. The van der Waals surface area contributed by atoms with Crippen molar-refractivity contribution in [1.29, 1.82) is 0 Å². The highest BCUT2D eigenvalue weighted by molar-refractivity contribution is 7.58. The van der Waals surface area contributed by atoms with Crippen LogP contribution in [0, 0.1) is 0 Å². The van der Waals surface area contributed by atoms with Crippen LogP contribution in [-0.2, 0) is 20.9 Å². The highest BCUT2D eigenvalue weighted by Crippen LogP contribution is 2.38. The van der Waals surface area contributed by atoms with Crippen LogP contribution in [0.5, 0.6) is 5.75 Å². The Balaban J connectivity index is 1.62. The summed E-state index contributed by atoms with van der Waals surface area (Å²) in [7, 11) is 1.60. The molecule has 0 aliphatic carbocycles. The predicted octanol–water partition coefficient (Wildman–Crippen LogP) is 4.14. The molecule has 0 unspecified atom stereocenters. The van der Waals surface area contributed by atoms with Crippen LogP contribution in [0.3, 0.4) is 0 Å². The average Bonchev–Trinajstić information content (AvgIpc) is 3.12. The highest BCUT2D eigenvalue weighted by atomic mass is 35.5. The number of hydrogen-bond acceptors (Lipinski definition) is 6. The third-order valence-corrected chi connectivity index (χ3v) is 4.34. The summed E-state index contributed by atoms with van der Waals surface area (Å²) in [6.07, 6.45) is 0. The first-order chi connectivity index (χ1) is 12.7. The number of anilines is 2. The Kier molecular flexibility index (Phi) is 6.21. The number of halogens is 1. The smallest absolute Gasteiger partial charge is 0.243 e. The van der Waals surface area contributed by atoms with Gasteiger partial charge in [-0.15, -0.1) is 0 Å². The monoisotopic (exact) mass is 392 g/mol. The number of hydrogen-bond donors (Lipinski definition) is 2. The second-order valence-corrected chi connectivity index (χ2v) is 6.23. The van der Waals surface area contributed by atoms with Crippen molar-refractivity contribution < 1.29 is 14.3 Å². The van der Waals surface area contributed by atoms with Crippen molar-refractivity contribution in [3.05, 3.63) is 41.4 Å². The van der Waals surface area contributed by atoms with Crippen LogP contribution in [0.15, 0.2) is 45.1 Å². The maximum Gasteiger partial charge on any atom is 0.243 e. The standard InChI is InChI=1S/C17H17ClN4O3S/c1-24-8-9-25-17-11(18)4-2-7-14(17)19-10-15(23)20-12-5-3-6-13-16(12)22-26-21-13/h2-7,19H,8-10H2,1H3,(H,20,23). The summed E-state index contributed by atoms with van der Waals surface area (Å²) in [6, 6.07) is 10.8. The minimum atomic E-state index is -0.215. The molecule has 136 valence electrons. The van der Waals surface area contributed by atoms with E-state index in [1.165, 1.54) is 0 Å². The number of nitrogens with one attached hydrogen (secondary N) is 2. The summed E-state index contributed by atoms with van der Waals surface area (Å²) < 4.78 is 19.0. The number of rotatable bonds is 8. The van der Waals surface area contributed by atoms with Gasteiger partial charge in [0.15, 0.2) is 5.75 Å². The molecule has 0 fully saturated rings. The summed E-state index contributed by atoms with van der Waals surface area (Å²) in [5.41, 5.74) is 2.70. The summed E-state index contributed by atoms with van der Waals surface area (Å²) >= 11 is 7.29. The maximum absolute atomic E-state index is 12.3. The number of nitrogens with zero attached hydrogens (tertiary/aromatic N) is 2. The zero-order valence-corrected chi connectivity index (χ0v) is 15.6. The third-order valence-electron chi connectivity index (χ3n) is 3.50. The molecule has 0 saturated carbocycles. The molecule has 2 aromatic rings. The molecule has 3 rings (SSSR count). The summed E-state index contributed by atoms with van der Waals surface area (Å²) in [5.74, 6) is 0.276. The van der Waals surface area contributed by atoms with Gasteiger partial charge in [0.2, 0.25) is 5.91 Å². The molecule has 7 nitrogen and oxygen atoms in total. The van der Waals surface area contributed by atoms with Crippen molar-refractivity contribution in [2.75, 3.05) is 37.5 Å². The fraction of sp³-hybridized carbons (Fsp3) is 0.235. The molecule has 0 bridgehead atoms. The molecular weight excluding hydrogens is 376 g/mol. The molecule has 0 atom stereocenters. The van der Waals surface area contributed by atoms with Crippen LogP contribution >= 0.6 is 11.6 Å². The SMILES string of the molecule is COCCOc1c(Cl)cccc1NCC(=O)Nc1cccc2c1N=S=N2. The number of benzene rings is 2. The van der Waals surface area contributed by atoms with Crippen molar-refractivity contribution in [2.45, 2.75) is 0 Å². The van der Waals surface area contributed by atoms with Gasteiger partial charge in [0.05, 0.1) is 40.9 Å². The van der Waals surface area contributed by atoms with Crippen LogP contribution in [-0.4, -0.2) is 32.8 Å². The van der Waals surface area contributed by atoms with Crippen molar-refractivity contribution in [2.24, 2.45) is 8.73 Å². The van der Waals surface area contributed by atoms with Gasteiger partial charge < -0.3 is 20.1 Å². The molecule has 1 aliphatic heterocycles. The van der Waals surface area contributed by atoms with E-state index >= 15 is 0 Å². The zero-order chi connectivity index (χ0) is 18.4. The Morgan fingerprint density at radius 3 is 2.81 bits per heavy atom. The fourth-order valence-electron chi connectivity index (χ4n) is 2.30. The minimum Gasteiger partial charge on any atom is -0.487 e. The molecule has 0 spiro atoms. The van der Waals surface area contributed by atoms with Gasteiger partial charge in [-0.3, -0.25) is 4.79 Å². The zero-order valence-electron chi connectivity index (χ0n) is 14.0. The number of carbonyl (C=O) groups excluding carboxylic acids is 1. The average molecular weight is 393 g/mol. The molecule has 2 aromatic carbocycles. The Bertz CT molecular complexity index is 884. The van der Waals surface area contributed by atoms with Crippen LogP contribution < -0.4 is 15.4 Å². The van der Waals surface area contributed by atoms with Crippen molar-refractivity contribution >= 4 is 51.6 Å². The fourth-order valence-corrected chi connectivity index (χ4v) is 3.08. The highest BCUT2D eigenvalue weighted by Gasteiger charge is 2.14. The van der Waals surface area contributed by atoms with E-state index < -0.39 is 0 Å². The van der Waals surface area contributed by atoms with E-state index in [1.807, 2.05) is 12.1 Å². The van der Waals surface area contributed by atoms with Gasteiger partial charge in [-0.05, 0) is 24.3 Å². The lowest BCUT2D eigenvalue weighted by molar-refractivity contribution is -0.114. The second kappa shape index (κ2) is 8.79. The Hall–Kier alpha value is -2.42. The lowest BCUT2D eigenvalue weighted by atomic mass is 10.2. The number of carbonyl (C=O) groups is 1. The lowest BCUT2D eigenvalue weighted by Gasteiger charge is -2.14. The van der Waals surface area contributed by atoms with E-state index in [-0.39, 0.29) is 12.5 Å². The third kappa shape index (κ3) is 4.40. The van der Waals surface area contributed by atoms with Crippen molar-refractivity contribution in [3.63, 3.8) is 0 Å². The van der Waals surface area contributed by atoms with E-state index in [4.69, 9.17) is 21.1 Å². The number of fused-ring (bicyclic) bond motifs is 1. The summed E-state index contributed by atoms with van der Waals surface area (Å²) in [5, 5.41) is 6.35. The Morgan fingerprint density at radius 1 is 1.15 bits per heavy atom. The summed E-state index contributed by atoms with van der Waals surface area (Å²) in [4.78, 5) is 12.3. The first-order valence-electron chi connectivity index (χ1n) is 7.84. The van der Waals surface area contributed by atoms with E-state index in [0.29, 0.717) is 41.0 Å². The van der Waals surface area contributed by atoms with Gasteiger partial charge in [-0.2, -0.15) is 8.73 Å². The molecule has 0 radical (unpaired) electrons. The van der Waals surface area contributed by atoms with Gasteiger partial charge >= 0.3 is 0 Å². The van der Waals surface area contributed by atoms with Crippen molar-refractivity contribution in [3.8, 4) is 5.75 Å². The molecule has 0 aromatic heterocycles. The predicted molar refractivity (Wildman–Crippen MR) is 104 cm³/mol. The molecule has 1 aliphatic rings. The molecule has 1 amide bonds. The van der Waals surface area contributed by atoms with E-state index in [2.05, 4.69) is 19.4 Å². The molecule has 1 heterocycles. The van der Waals surface area contributed by atoms with Crippen LogP contribution in [0.4, 0.5) is 22.7 Å². The normalized spacial score (nSPS) is 11.6. The molecule has 2 N–H and O–H groups in total. The van der Waals surface area contributed by atoms with Crippen LogP contribution in [0.2, 0.25) is 5.02 Å². The first-order valence-corrected chi connectivity index (χ1v) is 8.95. The Morgan fingerprint density at radius 2 is 1.96 bits per heavy atom. The quantitative estimate of drug-likeness (QED) is 0.564. The second-order valence-electron chi connectivity index (χ2n) is 5.30. The number of methoxy groups -OCH3 is 1. The van der Waals surface area contributed by atoms with Gasteiger partial charge in [-0.25, -0.2) is 0 Å². The van der Waals surface area contributed by atoms with Crippen molar-refractivity contribution in [1.82, 2.24) is 0 Å². The molecule has 9 heteroatoms. The largest absolute Gasteiger partial charge is 0.487 e. The van der Waals surface area contributed by atoms with E-state index in [1.54, 1.807) is 31.4 Å². The number of para-hydroxylation sites is 1. The Labute approximate surface area is 159 Å². The van der Waals surface area contributed by atoms with Gasteiger partial charge in [-0.1, -0.05) is 23.7 Å². The molecule has 26 heavy (non-hydrogen) atoms. The van der Waals surface area contributed by atoms with Gasteiger partial charge in [0.1, 0.15) is 18.0 Å². The van der Waals surface area contributed by atoms with Crippen LogP contribution in [0.1, 0.15) is 0 Å². The summed E-state index contributed by atoms with van der Waals surface area (Å²) in [6.45, 7) is 0.853. The minimum absolute atomic E-state index is 0.0505. The van der Waals surface area contributed by atoms with E-state index in [9.17, 15) is 4.79 Å².